The number of fused-ring (bicyclic) bond motifs is 5. The number of carbonyl (C=O) groups is 4. The van der Waals surface area contributed by atoms with Crippen LogP contribution in [0, 0.1) is 5.92 Å². The molecule has 1 fully saturated rings. The minimum atomic E-state index is -1.92. The van der Waals surface area contributed by atoms with E-state index < -0.39 is 41.4 Å². The maximum Gasteiger partial charge on any atom is 0.355 e. The highest BCUT2D eigenvalue weighted by atomic mass is 16.6. The van der Waals surface area contributed by atoms with Gasteiger partial charge in [0.25, 0.3) is 5.56 Å². The van der Waals surface area contributed by atoms with Gasteiger partial charge in [0, 0.05) is 23.1 Å². The molecule has 3 aliphatic rings. The Morgan fingerprint density at radius 1 is 1.17 bits per heavy atom. The number of ether oxygens (including phenoxy) is 2. The molecule has 3 aromatic rings. The van der Waals surface area contributed by atoms with Gasteiger partial charge >= 0.3 is 11.9 Å². The Kier molecular flexibility index (Phi) is 8.18. The molecular weight excluding hydrogens is 590 g/mol. The number of likely N-dealkylation sites (tertiary alicyclic amines) is 1. The lowest BCUT2D eigenvalue weighted by atomic mass is 9.85. The number of cyclic esters (lactones) is 1. The summed E-state index contributed by atoms with van der Waals surface area (Å²) >= 11 is 0. The Bertz CT molecular complexity index is 1830. The predicted molar refractivity (Wildman–Crippen MR) is 168 cm³/mol. The van der Waals surface area contributed by atoms with Crippen molar-refractivity contribution < 1.29 is 28.7 Å². The van der Waals surface area contributed by atoms with Crippen molar-refractivity contribution in [2.75, 3.05) is 13.1 Å². The summed E-state index contributed by atoms with van der Waals surface area (Å²) in [5.74, 6) is -2.90. The fourth-order valence-corrected chi connectivity index (χ4v) is 7.11. The van der Waals surface area contributed by atoms with E-state index in [0.717, 1.165) is 28.5 Å². The smallest absolute Gasteiger partial charge is 0.355 e. The second-order valence-electron chi connectivity index (χ2n) is 12.5. The quantitative estimate of drug-likeness (QED) is 0.279. The van der Waals surface area contributed by atoms with Crippen LogP contribution < -0.4 is 16.6 Å². The first-order valence-corrected chi connectivity index (χ1v) is 15.9. The number of nitrogens with two attached hydrogens (primary N) is 1. The zero-order chi connectivity index (χ0) is 32.9. The van der Waals surface area contributed by atoms with E-state index in [1.54, 1.807) is 31.4 Å². The molecule has 0 bridgehead atoms. The summed E-state index contributed by atoms with van der Waals surface area (Å²) in [5, 5.41) is 3.78. The van der Waals surface area contributed by atoms with E-state index in [4.69, 9.17) is 20.2 Å². The third kappa shape index (κ3) is 4.86. The van der Waals surface area contributed by atoms with E-state index in [9.17, 15) is 24.0 Å². The molecule has 12 nitrogen and oxygen atoms in total. The van der Waals surface area contributed by atoms with Crippen LogP contribution in [0.2, 0.25) is 0 Å². The van der Waals surface area contributed by atoms with E-state index in [1.807, 2.05) is 24.3 Å². The monoisotopic (exact) mass is 629 g/mol. The van der Waals surface area contributed by atoms with Crippen molar-refractivity contribution in [3.63, 3.8) is 0 Å². The Morgan fingerprint density at radius 2 is 1.93 bits per heavy atom. The molecule has 46 heavy (non-hydrogen) atoms. The second-order valence-corrected chi connectivity index (χ2v) is 12.5. The van der Waals surface area contributed by atoms with Crippen LogP contribution in [0.5, 0.6) is 0 Å². The lowest BCUT2D eigenvalue weighted by Gasteiger charge is -2.37. The Morgan fingerprint density at radius 3 is 2.63 bits per heavy atom. The molecule has 3 atom stereocenters. The summed E-state index contributed by atoms with van der Waals surface area (Å²) in [5.41, 5.74) is 7.84. The topological polar surface area (TPSA) is 163 Å². The van der Waals surface area contributed by atoms with Crippen molar-refractivity contribution in [2.24, 2.45) is 11.7 Å². The van der Waals surface area contributed by atoms with Crippen LogP contribution in [0.4, 0.5) is 0 Å². The predicted octanol–water partition coefficient (Wildman–Crippen LogP) is 2.28. The summed E-state index contributed by atoms with van der Waals surface area (Å²) in [6, 6.07) is 7.67. The van der Waals surface area contributed by atoms with Gasteiger partial charge in [-0.2, -0.15) is 0 Å². The van der Waals surface area contributed by atoms with Gasteiger partial charge in [-0.1, -0.05) is 45.9 Å². The van der Waals surface area contributed by atoms with Gasteiger partial charge < -0.3 is 30.0 Å². The van der Waals surface area contributed by atoms with Crippen LogP contribution in [0.1, 0.15) is 69.2 Å². The highest BCUT2D eigenvalue weighted by Crippen LogP contribution is 2.42. The van der Waals surface area contributed by atoms with Crippen LogP contribution >= 0.6 is 0 Å². The number of nitrogens with zero attached hydrogens (tertiary/aromatic N) is 3. The summed E-state index contributed by atoms with van der Waals surface area (Å²) in [6.45, 7) is 7.49. The average molecular weight is 630 g/mol. The molecule has 3 N–H and O–H groups in total. The Labute approximate surface area is 266 Å². The molecule has 12 heteroatoms. The van der Waals surface area contributed by atoms with Crippen LogP contribution in [-0.2, 0) is 53.8 Å². The molecule has 242 valence electrons. The number of para-hydroxylation sites is 1. The SMILES string of the molecule is CCc1c2c(nc3ccccc13)-c1cc3c(c(=O)n1C2)COC(=O)[C@@]3(CC)OC(=O)[C@@H](NC(=O)[C@@H]1CCCN1C(=O)CN)C(C)C. The van der Waals surface area contributed by atoms with Crippen molar-refractivity contribution in [1.82, 2.24) is 19.8 Å². The van der Waals surface area contributed by atoms with Gasteiger partial charge in [0.15, 0.2) is 0 Å². The van der Waals surface area contributed by atoms with Gasteiger partial charge in [-0.3, -0.25) is 14.4 Å². The van der Waals surface area contributed by atoms with Crippen molar-refractivity contribution in [1.29, 1.82) is 0 Å². The van der Waals surface area contributed by atoms with Gasteiger partial charge in [-0.15, -0.1) is 0 Å². The van der Waals surface area contributed by atoms with Crippen LogP contribution in [0.25, 0.3) is 22.3 Å². The van der Waals surface area contributed by atoms with Gasteiger partial charge in [-0.05, 0) is 49.3 Å². The van der Waals surface area contributed by atoms with E-state index >= 15 is 0 Å². The molecule has 1 aromatic carbocycles. The third-order valence-electron chi connectivity index (χ3n) is 9.58. The number of carbonyl (C=O) groups excluding carboxylic acids is 4. The van der Waals surface area contributed by atoms with Gasteiger partial charge in [-0.25, -0.2) is 14.6 Å². The molecule has 0 spiro atoms. The summed E-state index contributed by atoms with van der Waals surface area (Å²) < 4.78 is 13.2. The van der Waals surface area contributed by atoms with E-state index in [2.05, 4.69) is 12.2 Å². The molecule has 2 aromatic heterocycles. The number of hydrogen-bond donors (Lipinski definition) is 2. The highest BCUT2D eigenvalue weighted by Gasteiger charge is 2.51. The van der Waals surface area contributed by atoms with Crippen molar-refractivity contribution in [3.8, 4) is 11.4 Å². The molecular formula is C34H39N5O7. The first-order valence-electron chi connectivity index (χ1n) is 15.9. The number of benzene rings is 1. The Hall–Kier alpha value is -4.58. The van der Waals surface area contributed by atoms with Gasteiger partial charge in [0.1, 0.15) is 18.7 Å². The highest BCUT2D eigenvalue weighted by molar-refractivity contribution is 5.94. The maximum atomic E-state index is 14.0. The number of hydrogen-bond acceptors (Lipinski definition) is 9. The molecule has 0 unspecified atom stereocenters. The summed E-state index contributed by atoms with van der Waals surface area (Å²) in [4.78, 5) is 73.5. The van der Waals surface area contributed by atoms with Crippen molar-refractivity contribution in [3.05, 3.63) is 62.9 Å². The fraction of sp³-hybridized carbons (Fsp3) is 0.471. The van der Waals surface area contributed by atoms with Crippen molar-refractivity contribution >= 4 is 34.7 Å². The van der Waals surface area contributed by atoms with E-state index in [0.29, 0.717) is 37.3 Å². The Balaban J connectivity index is 1.38. The molecule has 0 aliphatic carbocycles. The number of amides is 2. The molecule has 2 amide bonds. The molecule has 0 radical (unpaired) electrons. The number of rotatable bonds is 8. The van der Waals surface area contributed by atoms with E-state index in [1.165, 1.54) is 4.90 Å². The standard InChI is InChI=1S/C34H39N5O7/c1-5-19-20-10-7-8-11-24(20)36-29-21(19)16-39-26(29)14-23-22(31(39)42)17-45-33(44)34(23,6-2)46-32(43)28(18(3)4)37-30(41)25-12-9-13-38(25)27(40)15-35/h7-8,10-11,14,18,25,28H,5-6,9,12-13,15-17,35H2,1-4H3,(H,37,41)/t25-,28-,34-/m0/s1. The first kappa shape index (κ1) is 31.4. The molecule has 1 saturated heterocycles. The van der Waals surface area contributed by atoms with Crippen LogP contribution in [0.3, 0.4) is 0 Å². The van der Waals surface area contributed by atoms with E-state index in [-0.39, 0.29) is 42.2 Å². The zero-order valence-electron chi connectivity index (χ0n) is 26.6. The average Bonchev–Trinajstić information content (AvgIpc) is 3.69. The lowest BCUT2D eigenvalue weighted by molar-refractivity contribution is -0.191. The number of nitrogens with one attached hydrogen (secondary N) is 1. The largest absolute Gasteiger partial charge is 0.457 e. The molecule has 0 saturated carbocycles. The number of aromatic nitrogens is 2. The fourth-order valence-electron chi connectivity index (χ4n) is 7.11. The molecule has 5 heterocycles. The number of pyridine rings is 2. The normalized spacial score (nSPS) is 20.6. The minimum absolute atomic E-state index is 0.00809. The molecule has 6 rings (SSSR count). The maximum absolute atomic E-state index is 14.0. The van der Waals surface area contributed by atoms with Crippen LogP contribution in [-0.4, -0.2) is 63.4 Å². The summed E-state index contributed by atoms with van der Waals surface area (Å²) in [6.07, 6.45) is 1.81. The number of aryl methyl sites for hydroxylation is 1. The lowest BCUT2D eigenvalue weighted by Crippen LogP contribution is -2.55. The third-order valence-corrected chi connectivity index (χ3v) is 9.58. The number of esters is 2. The zero-order valence-corrected chi connectivity index (χ0v) is 26.6. The second kappa shape index (κ2) is 12.0. The van der Waals surface area contributed by atoms with Crippen LogP contribution in [0.15, 0.2) is 35.1 Å². The van der Waals surface area contributed by atoms with Gasteiger partial charge in [0.2, 0.25) is 17.4 Å². The van der Waals surface area contributed by atoms with Crippen molar-refractivity contribution in [2.45, 2.75) is 84.2 Å². The minimum Gasteiger partial charge on any atom is -0.457 e. The first-order chi connectivity index (χ1) is 22.1. The molecule has 3 aliphatic heterocycles. The van der Waals surface area contributed by atoms with Gasteiger partial charge in [0.05, 0.1) is 35.6 Å². The summed E-state index contributed by atoms with van der Waals surface area (Å²) in [7, 11) is 0.